The molecule has 0 aliphatic rings. The van der Waals surface area contributed by atoms with Crippen molar-refractivity contribution in [2.45, 2.75) is 32.9 Å². The van der Waals surface area contributed by atoms with Crippen molar-refractivity contribution in [2.75, 3.05) is 0 Å². The Labute approximate surface area is 99.9 Å². The number of hydrazine groups is 1. The maximum absolute atomic E-state index is 12.0. The molecule has 0 heterocycles. The summed E-state index contributed by atoms with van der Waals surface area (Å²) in [5.74, 6) is 6.12. The van der Waals surface area contributed by atoms with E-state index in [9.17, 15) is 8.78 Å². The molecule has 0 fully saturated rings. The molecule has 1 unspecified atom stereocenters. The number of halogens is 2. The highest BCUT2D eigenvalue weighted by Gasteiger charge is 2.12. The first kappa shape index (κ1) is 13.9. The van der Waals surface area contributed by atoms with Crippen LogP contribution in [-0.2, 0) is 0 Å². The minimum Gasteiger partial charge on any atom is -0.435 e. The zero-order valence-corrected chi connectivity index (χ0v) is 9.99. The van der Waals surface area contributed by atoms with Gasteiger partial charge in [-0.2, -0.15) is 8.78 Å². The molecule has 1 aromatic carbocycles. The van der Waals surface area contributed by atoms with Crippen molar-refractivity contribution < 1.29 is 13.5 Å². The molecule has 0 saturated heterocycles. The van der Waals surface area contributed by atoms with Crippen molar-refractivity contribution in [1.29, 1.82) is 0 Å². The van der Waals surface area contributed by atoms with Crippen molar-refractivity contribution in [1.82, 2.24) is 5.43 Å². The molecule has 17 heavy (non-hydrogen) atoms. The highest BCUT2D eigenvalue weighted by molar-refractivity contribution is 5.29. The van der Waals surface area contributed by atoms with E-state index in [2.05, 4.69) is 24.0 Å². The van der Waals surface area contributed by atoms with E-state index in [1.807, 2.05) is 0 Å². The molecule has 0 aliphatic carbocycles. The van der Waals surface area contributed by atoms with Gasteiger partial charge in [0.05, 0.1) is 0 Å². The molecule has 3 nitrogen and oxygen atoms in total. The molecule has 0 radical (unpaired) electrons. The van der Waals surface area contributed by atoms with E-state index >= 15 is 0 Å². The zero-order chi connectivity index (χ0) is 12.8. The number of nitrogens with two attached hydrogens (primary N) is 1. The number of benzene rings is 1. The van der Waals surface area contributed by atoms with Gasteiger partial charge in [-0.1, -0.05) is 26.0 Å². The van der Waals surface area contributed by atoms with Gasteiger partial charge in [0, 0.05) is 6.04 Å². The van der Waals surface area contributed by atoms with Gasteiger partial charge in [0.1, 0.15) is 5.75 Å². The van der Waals surface area contributed by atoms with Crippen LogP contribution in [0.15, 0.2) is 24.3 Å². The van der Waals surface area contributed by atoms with E-state index in [1.165, 1.54) is 12.1 Å². The molecular weight excluding hydrogens is 226 g/mol. The second kappa shape index (κ2) is 6.51. The first-order valence-corrected chi connectivity index (χ1v) is 5.53. The van der Waals surface area contributed by atoms with Crippen LogP contribution in [0, 0.1) is 5.92 Å². The molecule has 1 aromatic rings. The van der Waals surface area contributed by atoms with Crippen LogP contribution in [0.5, 0.6) is 5.75 Å². The number of hydrogen-bond donors (Lipinski definition) is 2. The standard InChI is InChI=1S/C12H18F2N2O/c1-8(2)7-11(16-15)9-3-5-10(6-4-9)17-12(13)14/h3-6,8,11-12,16H,7,15H2,1-2H3. The van der Waals surface area contributed by atoms with Gasteiger partial charge in [-0.05, 0) is 30.0 Å². The first-order valence-electron chi connectivity index (χ1n) is 5.53. The molecular formula is C12H18F2N2O. The SMILES string of the molecule is CC(C)CC(NN)c1ccc(OC(F)F)cc1. The summed E-state index contributed by atoms with van der Waals surface area (Å²) in [6.45, 7) is 1.40. The van der Waals surface area contributed by atoms with Crippen molar-refractivity contribution in [3.63, 3.8) is 0 Å². The molecule has 0 saturated carbocycles. The van der Waals surface area contributed by atoms with Gasteiger partial charge in [0.15, 0.2) is 0 Å². The Bertz CT molecular complexity index is 328. The molecule has 0 amide bonds. The molecule has 96 valence electrons. The average Bonchev–Trinajstić information content (AvgIpc) is 2.26. The van der Waals surface area contributed by atoms with Gasteiger partial charge in [-0.3, -0.25) is 11.3 Å². The molecule has 3 N–H and O–H groups in total. The zero-order valence-electron chi connectivity index (χ0n) is 9.99. The molecule has 0 bridgehead atoms. The Morgan fingerprint density at radius 3 is 2.24 bits per heavy atom. The predicted molar refractivity (Wildman–Crippen MR) is 62.6 cm³/mol. The third-order valence-electron chi connectivity index (χ3n) is 2.42. The third-order valence-corrected chi connectivity index (χ3v) is 2.42. The van der Waals surface area contributed by atoms with Crippen LogP contribution in [0.4, 0.5) is 8.78 Å². The highest BCUT2D eigenvalue weighted by Crippen LogP contribution is 2.23. The fourth-order valence-electron chi connectivity index (χ4n) is 1.65. The van der Waals surface area contributed by atoms with Gasteiger partial charge in [0.25, 0.3) is 0 Å². The lowest BCUT2D eigenvalue weighted by Crippen LogP contribution is -2.29. The van der Waals surface area contributed by atoms with Crippen LogP contribution >= 0.6 is 0 Å². The smallest absolute Gasteiger partial charge is 0.387 e. The van der Waals surface area contributed by atoms with Crippen LogP contribution in [0.2, 0.25) is 0 Å². The van der Waals surface area contributed by atoms with Crippen LogP contribution in [0.25, 0.3) is 0 Å². The lowest BCUT2D eigenvalue weighted by molar-refractivity contribution is -0.0498. The summed E-state index contributed by atoms with van der Waals surface area (Å²) in [7, 11) is 0. The third kappa shape index (κ3) is 4.66. The summed E-state index contributed by atoms with van der Waals surface area (Å²) in [6, 6.07) is 6.55. The predicted octanol–water partition coefficient (Wildman–Crippen LogP) is 2.84. The maximum Gasteiger partial charge on any atom is 0.387 e. The molecule has 1 atom stereocenters. The number of hydrogen-bond acceptors (Lipinski definition) is 3. The lowest BCUT2D eigenvalue weighted by atomic mass is 9.97. The van der Waals surface area contributed by atoms with Crippen molar-refractivity contribution in [3.05, 3.63) is 29.8 Å². The highest BCUT2D eigenvalue weighted by atomic mass is 19.3. The Hall–Kier alpha value is -1.20. The molecule has 0 aromatic heterocycles. The van der Waals surface area contributed by atoms with Crippen LogP contribution in [0.3, 0.4) is 0 Å². The Morgan fingerprint density at radius 1 is 1.24 bits per heavy atom. The van der Waals surface area contributed by atoms with Gasteiger partial charge >= 0.3 is 6.61 Å². The summed E-state index contributed by atoms with van der Waals surface area (Å²) < 4.78 is 28.2. The normalized spacial score (nSPS) is 13.1. The Morgan fingerprint density at radius 2 is 1.82 bits per heavy atom. The van der Waals surface area contributed by atoms with Crippen molar-refractivity contribution in [3.8, 4) is 5.75 Å². The van der Waals surface area contributed by atoms with Crippen LogP contribution in [0.1, 0.15) is 31.9 Å². The number of ether oxygens (including phenoxy) is 1. The summed E-state index contributed by atoms with van der Waals surface area (Å²) in [4.78, 5) is 0. The van der Waals surface area contributed by atoms with Crippen LogP contribution in [-0.4, -0.2) is 6.61 Å². The maximum atomic E-state index is 12.0. The molecule has 1 rings (SSSR count). The van der Waals surface area contributed by atoms with E-state index in [-0.39, 0.29) is 11.8 Å². The minimum atomic E-state index is -2.79. The van der Waals surface area contributed by atoms with E-state index in [0.29, 0.717) is 5.92 Å². The number of nitrogens with one attached hydrogen (secondary N) is 1. The molecule has 0 spiro atoms. The van der Waals surface area contributed by atoms with Gasteiger partial charge < -0.3 is 4.74 Å². The van der Waals surface area contributed by atoms with Crippen molar-refractivity contribution >= 4 is 0 Å². The summed E-state index contributed by atoms with van der Waals surface area (Å²) >= 11 is 0. The van der Waals surface area contributed by atoms with Gasteiger partial charge in [-0.15, -0.1) is 0 Å². The quantitative estimate of drug-likeness (QED) is 0.597. The average molecular weight is 244 g/mol. The Balaban J connectivity index is 2.70. The second-order valence-corrected chi connectivity index (χ2v) is 4.30. The summed E-state index contributed by atoms with van der Waals surface area (Å²) in [5.41, 5.74) is 3.68. The number of rotatable bonds is 6. The fraction of sp³-hybridized carbons (Fsp3) is 0.500. The monoisotopic (exact) mass is 244 g/mol. The van der Waals surface area contributed by atoms with E-state index < -0.39 is 6.61 Å². The van der Waals surface area contributed by atoms with Gasteiger partial charge in [-0.25, -0.2) is 0 Å². The Kier molecular flexibility index (Phi) is 5.31. The van der Waals surface area contributed by atoms with Gasteiger partial charge in [0.2, 0.25) is 0 Å². The van der Waals surface area contributed by atoms with Crippen molar-refractivity contribution in [2.24, 2.45) is 11.8 Å². The molecule has 0 aliphatic heterocycles. The second-order valence-electron chi connectivity index (χ2n) is 4.30. The number of alkyl halides is 2. The van der Waals surface area contributed by atoms with E-state index in [4.69, 9.17) is 5.84 Å². The van der Waals surface area contributed by atoms with Crippen LogP contribution < -0.4 is 16.0 Å². The molecule has 5 heteroatoms. The first-order chi connectivity index (χ1) is 8.02. The summed E-state index contributed by atoms with van der Waals surface area (Å²) in [5, 5.41) is 0. The van der Waals surface area contributed by atoms with E-state index in [0.717, 1.165) is 12.0 Å². The largest absolute Gasteiger partial charge is 0.435 e. The minimum absolute atomic E-state index is 0.0237. The summed E-state index contributed by atoms with van der Waals surface area (Å²) in [6.07, 6.45) is 0.881. The topological polar surface area (TPSA) is 47.3 Å². The van der Waals surface area contributed by atoms with E-state index in [1.54, 1.807) is 12.1 Å². The lowest BCUT2D eigenvalue weighted by Gasteiger charge is -2.18. The fourth-order valence-corrected chi connectivity index (χ4v) is 1.65.